The van der Waals surface area contributed by atoms with E-state index in [2.05, 4.69) is 5.32 Å². The van der Waals surface area contributed by atoms with Gasteiger partial charge >= 0.3 is 0 Å². The number of carbonyl (C=O) groups is 2. The average Bonchev–Trinajstić information content (AvgIpc) is 2.77. The Morgan fingerprint density at radius 3 is 2.58 bits per heavy atom. The molecule has 6 rings (SSSR count). The van der Waals surface area contributed by atoms with E-state index < -0.39 is 32.3 Å². The van der Waals surface area contributed by atoms with Gasteiger partial charge < -0.3 is 15.8 Å². The molecule has 4 saturated carbocycles. The van der Waals surface area contributed by atoms with Gasteiger partial charge in [-0.05, 0) is 62.0 Å². The van der Waals surface area contributed by atoms with Gasteiger partial charge in [0.1, 0.15) is 11.0 Å². The third-order valence-electron chi connectivity index (χ3n) is 7.96. The first kappa shape index (κ1) is 23.0. The van der Waals surface area contributed by atoms with Gasteiger partial charge in [-0.15, -0.1) is 0 Å². The number of rotatable bonds is 5. The molecule has 1 saturated heterocycles. The number of halogens is 2. The minimum atomic E-state index is -4.19. The van der Waals surface area contributed by atoms with Crippen molar-refractivity contribution in [1.82, 2.24) is 9.62 Å². The van der Waals surface area contributed by atoms with E-state index in [4.69, 9.17) is 22.1 Å². The number of carbonyl (C=O) groups excluding carboxylic acids is 2. The third-order valence-corrected chi connectivity index (χ3v) is 10.1. The highest BCUT2D eigenvalue weighted by Crippen LogP contribution is 2.59. The monoisotopic (exact) mass is 499 g/mol. The Labute approximate surface area is 197 Å². The van der Waals surface area contributed by atoms with Gasteiger partial charge in [-0.1, -0.05) is 17.7 Å². The van der Waals surface area contributed by atoms with Crippen LogP contribution in [0.15, 0.2) is 23.1 Å². The van der Waals surface area contributed by atoms with E-state index in [9.17, 15) is 22.4 Å². The van der Waals surface area contributed by atoms with E-state index in [0.717, 1.165) is 29.6 Å². The second-order valence-electron chi connectivity index (χ2n) is 9.92. The molecule has 4 aliphatic carbocycles. The first-order valence-electron chi connectivity index (χ1n) is 11.3. The predicted molar refractivity (Wildman–Crippen MR) is 117 cm³/mol. The molecule has 5 aliphatic rings. The molecule has 1 heterocycles. The Morgan fingerprint density at radius 1 is 1.21 bits per heavy atom. The van der Waals surface area contributed by atoms with Gasteiger partial charge in [0.15, 0.2) is 5.82 Å². The average molecular weight is 500 g/mol. The summed E-state index contributed by atoms with van der Waals surface area (Å²) in [6, 6.07) is 3.72. The molecular weight excluding hydrogens is 473 g/mol. The standard InChI is InChI=1S/C22H27ClFN3O5S/c23-15-2-1-3-17(18(15)24)33(30,31)27-4-5-32-16(11-27)20(28)26-19-13-6-12-7-14(19)10-22(8-12,9-13)21(25)29/h1-3,12-14,16,19H,4-11H2,(H2,25,29)(H,26,28). The summed E-state index contributed by atoms with van der Waals surface area (Å²) in [7, 11) is -4.19. The Kier molecular flexibility index (Phi) is 5.70. The fourth-order valence-corrected chi connectivity index (χ4v) is 8.39. The molecule has 11 heteroatoms. The maximum Gasteiger partial charge on any atom is 0.250 e. The van der Waals surface area contributed by atoms with Crippen molar-refractivity contribution in [1.29, 1.82) is 0 Å². The van der Waals surface area contributed by atoms with Crippen molar-refractivity contribution in [3.8, 4) is 0 Å². The Morgan fingerprint density at radius 2 is 1.91 bits per heavy atom. The highest BCUT2D eigenvalue weighted by molar-refractivity contribution is 7.89. The number of sulfonamides is 1. The van der Waals surface area contributed by atoms with Crippen LogP contribution in [0.2, 0.25) is 5.02 Å². The molecule has 1 aliphatic heterocycles. The summed E-state index contributed by atoms with van der Waals surface area (Å²) in [4.78, 5) is 24.7. The molecule has 4 bridgehead atoms. The van der Waals surface area contributed by atoms with Crippen molar-refractivity contribution in [2.24, 2.45) is 28.9 Å². The van der Waals surface area contributed by atoms with E-state index in [1.807, 2.05) is 0 Å². The largest absolute Gasteiger partial charge is 0.369 e. The van der Waals surface area contributed by atoms with Crippen LogP contribution in [-0.4, -0.2) is 56.4 Å². The highest BCUT2D eigenvalue weighted by atomic mass is 35.5. The second kappa shape index (κ2) is 8.18. The van der Waals surface area contributed by atoms with Crippen molar-refractivity contribution in [3.05, 3.63) is 29.0 Å². The minimum absolute atomic E-state index is 0.00948. The number of benzene rings is 1. The summed E-state index contributed by atoms with van der Waals surface area (Å²) in [5, 5.41) is 2.80. The van der Waals surface area contributed by atoms with E-state index >= 15 is 0 Å². The van der Waals surface area contributed by atoms with Gasteiger partial charge in [0.25, 0.3) is 5.91 Å². The normalized spacial score (nSPS) is 36.0. The Bertz CT molecular complexity index is 1080. The minimum Gasteiger partial charge on any atom is -0.369 e. The zero-order valence-corrected chi connectivity index (χ0v) is 19.6. The first-order valence-corrected chi connectivity index (χ1v) is 13.1. The summed E-state index contributed by atoms with van der Waals surface area (Å²) in [6.07, 6.45) is 3.11. The fourth-order valence-electron chi connectivity index (χ4n) is 6.64. The summed E-state index contributed by atoms with van der Waals surface area (Å²) in [6.45, 7) is -0.185. The van der Waals surface area contributed by atoms with Gasteiger partial charge in [0, 0.05) is 24.5 Å². The molecule has 1 aromatic carbocycles. The van der Waals surface area contributed by atoms with Crippen LogP contribution in [-0.2, 0) is 24.3 Å². The molecule has 3 atom stereocenters. The molecular formula is C22H27ClFN3O5S. The number of hydrogen-bond donors (Lipinski definition) is 2. The van der Waals surface area contributed by atoms with Gasteiger partial charge in [-0.2, -0.15) is 4.31 Å². The third kappa shape index (κ3) is 3.84. The molecule has 0 radical (unpaired) electrons. The van der Waals surface area contributed by atoms with Crippen LogP contribution in [0.4, 0.5) is 4.39 Å². The van der Waals surface area contributed by atoms with Crippen LogP contribution >= 0.6 is 11.6 Å². The van der Waals surface area contributed by atoms with E-state index in [0.29, 0.717) is 18.8 Å². The van der Waals surface area contributed by atoms with Crippen molar-refractivity contribution in [2.75, 3.05) is 19.7 Å². The number of amides is 2. The number of ether oxygens (including phenoxy) is 1. The molecule has 8 nitrogen and oxygen atoms in total. The van der Waals surface area contributed by atoms with Crippen molar-refractivity contribution in [2.45, 2.75) is 49.1 Å². The zero-order chi connectivity index (χ0) is 23.5. The molecule has 0 spiro atoms. The molecule has 33 heavy (non-hydrogen) atoms. The molecule has 3 unspecified atom stereocenters. The molecule has 2 amide bonds. The summed E-state index contributed by atoms with van der Waals surface area (Å²) < 4.78 is 47.1. The van der Waals surface area contributed by atoms with Crippen LogP contribution in [0, 0.1) is 29.0 Å². The van der Waals surface area contributed by atoms with Crippen LogP contribution in [0.25, 0.3) is 0 Å². The van der Waals surface area contributed by atoms with E-state index in [1.54, 1.807) is 0 Å². The van der Waals surface area contributed by atoms with Gasteiger partial charge in [-0.25, -0.2) is 12.8 Å². The van der Waals surface area contributed by atoms with E-state index in [-0.39, 0.29) is 54.4 Å². The van der Waals surface area contributed by atoms with Crippen molar-refractivity contribution < 1.29 is 27.1 Å². The lowest BCUT2D eigenvalue weighted by Crippen LogP contribution is -2.63. The number of nitrogens with one attached hydrogen (secondary N) is 1. The molecule has 3 N–H and O–H groups in total. The molecule has 0 aromatic heterocycles. The maximum absolute atomic E-state index is 14.4. The van der Waals surface area contributed by atoms with Crippen molar-refractivity contribution >= 4 is 33.4 Å². The van der Waals surface area contributed by atoms with Crippen molar-refractivity contribution in [3.63, 3.8) is 0 Å². The van der Waals surface area contributed by atoms with Crippen LogP contribution in [0.1, 0.15) is 32.1 Å². The first-order chi connectivity index (χ1) is 15.6. The van der Waals surface area contributed by atoms with Crippen LogP contribution in [0.3, 0.4) is 0 Å². The number of primary amides is 1. The van der Waals surface area contributed by atoms with Gasteiger partial charge in [0.2, 0.25) is 15.9 Å². The zero-order valence-electron chi connectivity index (χ0n) is 18.0. The SMILES string of the molecule is NC(=O)C12CC3CC(C1)C(NC(=O)C1CN(S(=O)(=O)c4cccc(Cl)c4F)CCO1)C(C3)C2. The summed E-state index contributed by atoms with van der Waals surface area (Å²) >= 11 is 5.76. The quantitative estimate of drug-likeness (QED) is 0.638. The summed E-state index contributed by atoms with van der Waals surface area (Å²) in [5.74, 6) is -0.817. The number of nitrogens with zero attached hydrogens (tertiary/aromatic N) is 1. The van der Waals surface area contributed by atoms with Gasteiger partial charge in [-0.3, -0.25) is 9.59 Å². The van der Waals surface area contributed by atoms with Crippen LogP contribution in [0.5, 0.6) is 0 Å². The maximum atomic E-state index is 14.4. The predicted octanol–water partition coefficient (Wildman–Crippen LogP) is 1.66. The lowest BCUT2D eigenvalue weighted by Gasteiger charge is -2.59. The summed E-state index contributed by atoms with van der Waals surface area (Å²) in [5.41, 5.74) is 5.28. The number of hydrogen-bond acceptors (Lipinski definition) is 5. The molecule has 180 valence electrons. The second-order valence-corrected chi connectivity index (χ2v) is 12.2. The van der Waals surface area contributed by atoms with E-state index in [1.165, 1.54) is 12.1 Å². The topological polar surface area (TPSA) is 119 Å². The fraction of sp³-hybridized carbons (Fsp3) is 0.636. The van der Waals surface area contributed by atoms with Gasteiger partial charge in [0.05, 0.1) is 11.6 Å². The lowest BCUT2D eigenvalue weighted by atomic mass is 9.47. The highest BCUT2D eigenvalue weighted by Gasteiger charge is 2.58. The Balaban J connectivity index is 1.29. The molecule has 1 aromatic rings. The van der Waals surface area contributed by atoms with Crippen LogP contribution < -0.4 is 11.1 Å². The number of nitrogens with two attached hydrogens (primary N) is 1. The number of morpholine rings is 1. The molecule has 5 fully saturated rings. The lowest BCUT2D eigenvalue weighted by molar-refractivity contribution is -0.150. The smallest absolute Gasteiger partial charge is 0.250 e. The Hall–Kier alpha value is -1.75.